The summed E-state index contributed by atoms with van der Waals surface area (Å²) in [4.78, 5) is 14.8. The van der Waals surface area contributed by atoms with Crippen LogP contribution in [0, 0.1) is 0 Å². The van der Waals surface area contributed by atoms with Gasteiger partial charge in [-0.2, -0.15) is 5.10 Å². The van der Waals surface area contributed by atoms with Crippen LogP contribution in [0.5, 0.6) is 0 Å². The maximum absolute atomic E-state index is 12.6. The van der Waals surface area contributed by atoms with Gasteiger partial charge in [-0.1, -0.05) is 50.7 Å². The average molecular weight is 537 g/mol. The van der Waals surface area contributed by atoms with Crippen LogP contribution in [0.25, 0.3) is 10.8 Å². The molecule has 1 saturated heterocycles. The molecule has 9 heteroatoms. The van der Waals surface area contributed by atoms with Crippen molar-refractivity contribution in [2.24, 2.45) is 0 Å². The number of fused-ring (bicyclic) bond motifs is 1. The van der Waals surface area contributed by atoms with Gasteiger partial charge in [0.25, 0.3) is 0 Å². The molecular formula is C20H19Br2N5OS. The first-order chi connectivity index (χ1) is 14.0. The zero-order valence-corrected chi connectivity index (χ0v) is 19.5. The number of hydrogen-bond acceptors (Lipinski definition) is 5. The largest absolute Gasteiger partial charge is 0.354 e. The van der Waals surface area contributed by atoms with Crippen molar-refractivity contribution in [3.05, 3.63) is 57.6 Å². The average Bonchev–Trinajstić information content (AvgIpc) is 2.73. The van der Waals surface area contributed by atoms with Crippen molar-refractivity contribution in [3.8, 4) is 0 Å². The van der Waals surface area contributed by atoms with Crippen LogP contribution < -0.4 is 14.5 Å². The van der Waals surface area contributed by atoms with Gasteiger partial charge in [0, 0.05) is 38.8 Å². The Balaban J connectivity index is 1.39. The fraction of sp³-hybridized carbons (Fsp3) is 0.250. The van der Waals surface area contributed by atoms with Crippen molar-refractivity contribution in [2.45, 2.75) is 18.9 Å². The highest BCUT2D eigenvalue weighted by Gasteiger charge is 2.24. The van der Waals surface area contributed by atoms with E-state index in [4.69, 9.17) is 0 Å². The Hall–Kier alpha value is -1.84. The van der Waals surface area contributed by atoms with E-state index < -0.39 is 0 Å². The van der Waals surface area contributed by atoms with Gasteiger partial charge in [-0.25, -0.2) is 9.10 Å². The lowest BCUT2D eigenvalue weighted by Crippen LogP contribution is -2.47. The molecule has 0 unspecified atom stereocenters. The predicted octanol–water partition coefficient (Wildman–Crippen LogP) is 5.18. The topological polar surface area (TPSA) is 61.4 Å². The maximum Gasteiger partial charge on any atom is 0.332 e. The lowest BCUT2D eigenvalue weighted by molar-refractivity contribution is 0.243. The molecule has 1 aromatic heterocycles. The molecule has 0 radical (unpaired) electrons. The third kappa shape index (κ3) is 4.67. The summed E-state index contributed by atoms with van der Waals surface area (Å²) in [5.74, 6) is 0.893. The quantitative estimate of drug-likeness (QED) is 0.452. The highest BCUT2D eigenvalue weighted by Crippen LogP contribution is 2.28. The van der Waals surface area contributed by atoms with Crippen molar-refractivity contribution in [1.82, 2.24) is 15.5 Å². The second-order valence-corrected chi connectivity index (χ2v) is 9.13. The molecule has 150 valence electrons. The number of anilines is 2. The smallest absolute Gasteiger partial charge is 0.332 e. The van der Waals surface area contributed by atoms with Gasteiger partial charge in [0.1, 0.15) is 0 Å². The summed E-state index contributed by atoms with van der Waals surface area (Å²) < 4.78 is 3.26. The molecule has 0 aliphatic carbocycles. The number of aromatic nitrogens is 2. The van der Waals surface area contributed by atoms with Gasteiger partial charge < -0.3 is 10.2 Å². The normalized spacial score (nSPS) is 14.8. The van der Waals surface area contributed by atoms with Gasteiger partial charge in [-0.15, -0.1) is 5.10 Å². The number of hydrogen-bond donors (Lipinski definition) is 2. The first-order valence-electron chi connectivity index (χ1n) is 9.22. The molecule has 4 rings (SSSR count). The molecule has 2 amide bonds. The van der Waals surface area contributed by atoms with Crippen molar-refractivity contribution in [2.75, 3.05) is 22.3 Å². The van der Waals surface area contributed by atoms with E-state index in [1.807, 2.05) is 36.4 Å². The van der Waals surface area contributed by atoms with E-state index in [-0.39, 0.29) is 12.1 Å². The number of nitrogens with one attached hydrogen (secondary N) is 1. The van der Waals surface area contributed by atoms with Gasteiger partial charge in [0.05, 0.1) is 11.9 Å². The lowest BCUT2D eigenvalue weighted by Gasteiger charge is -2.34. The number of carbonyl (C=O) groups is 1. The minimum Gasteiger partial charge on any atom is -0.354 e. The van der Waals surface area contributed by atoms with Gasteiger partial charge in [-0.3, -0.25) is 0 Å². The number of nitrogens with zero attached hydrogens (tertiary/aromatic N) is 4. The van der Waals surface area contributed by atoms with Gasteiger partial charge in [0.15, 0.2) is 5.82 Å². The molecule has 0 spiro atoms. The SMILES string of the molecule is O=C(NC1CCN(c2nncc3cc(Br)ccc23)CC1)N(S)c1cccc(Br)c1. The van der Waals surface area contributed by atoms with Crippen LogP contribution in [0.2, 0.25) is 0 Å². The van der Waals surface area contributed by atoms with E-state index in [1.165, 1.54) is 4.31 Å². The Morgan fingerprint density at radius 2 is 1.90 bits per heavy atom. The second kappa shape index (κ2) is 8.89. The molecule has 0 bridgehead atoms. The van der Waals surface area contributed by atoms with E-state index in [0.717, 1.165) is 57.2 Å². The number of benzene rings is 2. The van der Waals surface area contributed by atoms with Crippen LogP contribution in [0.3, 0.4) is 0 Å². The summed E-state index contributed by atoms with van der Waals surface area (Å²) in [7, 11) is 0. The van der Waals surface area contributed by atoms with Crippen molar-refractivity contribution < 1.29 is 4.79 Å². The number of carbonyl (C=O) groups excluding carboxylic acids is 1. The minimum absolute atomic E-state index is 0.0950. The number of urea groups is 1. The zero-order chi connectivity index (χ0) is 20.4. The Labute approximate surface area is 191 Å². The Morgan fingerprint density at radius 3 is 2.66 bits per heavy atom. The molecule has 1 aliphatic rings. The molecular weight excluding hydrogens is 518 g/mol. The van der Waals surface area contributed by atoms with E-state index in [0.29, 0.717) is 0 Å². The summed E-state index contributed by atoms with van der Waals surface area (Å²) in [6, 6.07) is 13.5. The molecule has 6 nitrogen and oxygen atoms in total. The van der Waals surface area contributed by atoms with Crippen LogP contribution in [0.15, 0.2) is 57.6 Å². The van der Waals surface area contributed by atoms with E-state index in [1.54, 1.807) is 6.20 Å². The summed E-state index contributed by atoms with van der Waals surface area (Å²) in [6.45, 7) is 1.61. The second-order valence-electron chi connectivity index (χ2n) is 6.90. The van der Waals surface area contributed by atoms with Crippen LogP contribution in [-0.4, -0.2) is 35.4 Å². The van der Waals surface area contributed by atoms with Crippen molar-refractivity contribution >= 4 is 73.0 Å². The highest BCUT2D eigenvalue weighted by atomic mass is 79.9. The Kier molecular flexibility index (Phi) is 6.26. The summed E-state index contributed by atoms with van der Waals surface area (Å²) in [5, 5.41) is 13.7. The van der Waals surface area contributed by atoms with Crippen LogP contribution in [0.1, 0.15) is 12.8 Å². The van der Waals surface area contributed by atoms with Crippen molar-refractivity contribution in [1.29, 1.82) is 0 Å². The number of amides is 2. The molecule has 1 N–H and O–H groups in total. The minimum atomic E-state index is -0.223. The molecule has 0 saturated carbocycles. The number of halogens is 2. The molecule has 1 aliphatic heterocycles. The fourth-order valence-corrected chi connectivity index (χ4v) is 4.42. The summed E-state index contributed by atoms with van der Waals surface area (Å²) in [6.07, 6.45) is 3.45. The maximum atomic E-state index is 12.6. The molecule has 3 aromatic rings. The number of thiol groups is 1. The monoisotopic (exact) mass is 535 g/mol. The highest BCUT2D eigenvalue weighted by molar-refractivity contribution is 9.10. The van der Waals surface area contributed by atoms with E-state index in [2.05, 4.69) is 71.2 Å². The molecule has 0 atom stereocenters. The van der Waals surface area contributed by atoms with E-state index >= 15 is 0 Å². The van der Waals surface area contributed by atoms with Gasteiger partial charge in [0.2, 0.25) is 0 Å². The first-order valence-corrected chi connectivity index (χ1v) is 11.2. The predicted molar refractivity (Wildman–Crippen MR) is 127 cm³/mol. The lowest BCUT2D eigenvalue weighted by atomic mass is 10.0. The third-order valence-corrected chi connectivity index (χ3v) is 6.37. The van der Waals surface area contributed by atoms with Crippen LogP contribution >= 0.6 is 44.7 Å². The Morgan fingerprint density at radius 1 is 1.14 bits per heavy atom. The molecule has 1 fully saturated rings. The van der Waals surface area contributed by atoms with Gasteiger partial charge >= 0.3 is 6.03 Å². The molecule has 2 heterocycles. The molecule has 29 heavy (non-hydrogen) atoms. The fourth-order valence-electron chi connectivity index (χ4n) is 3.47. The standard InChI is InChI=1S/C20H19Br2N5OS/c21-14-2-1-3-17(11-14)27(29)20(28)24-16-6-8-26(9-7-16)19-18-5-4-15(22)10-13(18)12-23-25-19/h1-5,10-12,16,29H,6-9H2,(H,24,28). The number of rotatable bonds is 3. The van der Waals surface area contributed by atoms with Crippen LogP contribution in [-0.2, 0) is 0 Å². The summed E-state index contributed by atoms with van der Waals surface area (Å²) in [5.41, 5.74) is 0.717. The Bertz CT molecular complexity index is 1040. The zero-order valence-electron chi connectivity index (χ0n) is 15.4. The third-order valence-electron chi connectivity index (χ3n) is 4.97. The molecule has 2 aromatic carbocycles. The van der Waals surface area contributed by atoms with Crippen LogP contribution in [0.4, 0.5) is 16.3 Å². The van der Waals surface area contributed by atoms with Gasteiger partial charge in [-0.05, 0) is 49.2 Å². The first kappa shape index (κ1) is 20.4. The van der Waals surface area contributed by atoms with Crippen molar-refractivity contribution in [3.63, 3.8) is 0 Å². The summed E-state index contributed by atoms with van der Waals surface area (Å²) >= 11 is 11.3. The van der Waals surface area contributed by atoms with E-state index in [9.17, 15) is 4.79 Å². The number of piperidine rings is 1.